The van der Waals surface area contributed by atoms with Crippen LogP contribution in [0.1, 0.15) is 42.6 Å². The lowest BCUT2D eigenvalue weighted by atomic mass is 10.1. The van der Waals surface area contributed by atoms with Gasteiger partial charge in [0.1, 0.15) is 0 Å². The van der Waals surface area contributed by atoms with Crippen molar-refractivity contribution >= 4 is 0 Å². The number of halogens is 1. The third kappa shape index (κ3) is 1.76. The quantitative estimate of drug-likeness (QED) is 0.899. The fourth-order valence-electron chi connectivity index (χ4n) is 2.70. The molecular formula is C14H15FN4. The van der Waals surface area contributed by atoms with Crippen molar-refractivity contribution < 1.29 is 4.39 Å². The standard InChI is InChI=1S/C14H15FN4/c15-10-7-17-12(8-1-2-8)5-9(10)13-6-14-11(16)3-4-19(14)18-13/h5-8,11H,1-4,16H2/t11-/m0/s1. The summed E-state index contributed by atoms with van der Waals surface area (Å²) in [7, 11) is 0. The van der Waals surface area contributed by atoms with Gasteiger partial charge in [-0.1, -0.05) is 0 Å². The molecule has 0 amide bonds. The van der Waals surface area contributed by atoms with Crippen molar-refractivity contribution in [2.75, 3.05) is 0 Å². The van der Waals surface area contributed by atoms with Gasteiger partial charge in [-0.15, -0.1) is 0 Å². The maximum atomic E-state index is 14.0. The van der Waals surface area contributed by atoms with Gasteiger partial charge >= 0.3 is 0 Å². The van der Waals surface area contributed by atoms with Gasteiger partial charge < -0.3 is 5.73 Å². The first-order valence-corrected chi connectivity index (χ1v) is 6.71. The minimum atomic E-state index is -0.310. The number of aromatic nitrogens is 3. The van der Waals surface area contributed by atoms with Crippen molar-refractivity contribution in [2.24, 2.45) is 5.73 Å². The lowest BCUT2D eigenvalue weighted by Crippen LogP contribution is -2.04. The molecule has 0 bridgehead atoms. The van der Waals surface area contributed by atoms with Gasteiger partial charge in [-0.2, -0.15) is 5.10 Å². The van der Waals surface area contributed by atoms with E-state index >= 15 is 0 Å². The molecule has 4 nitrogen and oxygen atoms in total. The fourth-order valence-corrected chi connectivity index (χ4v) is 2.70. The maximum Gasteiger partial charge on any atom is 0.150 e. The summed E-state index contributed by atoms with van der Waals surface area (Å²) in [4.78, 5) is 4.17. The molecule has 98 valence electrons. The summed E-state index contributed by atoms with van der Waals surface area (Å²) >= 11 is 0. The Morgan fingerprint density at radius 2 is 2.11 bits per heavy atom. The molecule has 0 spiro atoms. The Bertz CT molecular complexity index is 645. The molecule has 5 heteroatoms. The number of nitrogens with zero attached hydrogens (tertiary/aromatic N) is 3. The average molecular weight is 258 g/mol. The zero-order valence-electron chi connectivity index (χ0n) is 10.5. The Hall–Kier alpha value is -1.75. The second kappa shape index (κ2) is 3.87. The van der Waals surface area contributed by atoms with Crippen LogP contribution in [0.5, 0.6) is 0 Å². The number of pyridine rings is 1. The Kier molecular flexibility index (Phi) is 2.26. The number of rotatable bonds is 2. The van der Waals surface area contributed by atoms with E-state index in [1.807, 2.05) is 16.8 Å². The SMILES string of the molecule is N[C@H]1CCn2nc(-c3cc(C4CC4)ncc3F)cc21. The van der Waals surface area contributed by atoms with Crippen molar-refractivity contribution in [2.45, 2.75) is 37.8 Å². The lowest BCUT2D eigenvalue weighted by molar-refractivity contribution is 0.617. The first kappa shape index (κ1) is 11.1. The van der Waals surface area contributed by atoms with Crippen molar-refractivity contribution in [1.29, 1.82) is 0 Å². The van der Waals surface area contributed by atoms with Gasteiger partial charge in [-0.3, -0.25) is 9.67 Å². The predicted molar refractivity (Wildman–Crippen MR) is 68.9 cm³/mol. The number of hydrogen-bond acceptors (Lipinski definition) is 3. The topological polar surface area (TPSA) is 56.7 Å². The molecule has 0 aromatic carbocycles. The lowest BCUT2D eigenvalue weighted by Gasteiger charge is -2.03. The minimum absolute atomic E-state index is 0.0223. The van der Waals surface area contributed by atoms with Gasteiger partial charge in [0, 0.05) is 29.8 Å². The molecule has 2 N–H and O–H groups in total. The Morgan fingerprint density at radius 1 is 1.26 bits per heavy atom. The van der Waals surface area contributed by atoms with Crippen LogP contribution in [-0.4, -0.2) is 14.8 Å². The predicted octanol–water partition coefficient (Wildman–Crippen LogP) is 2.37. The Balaban J connectivity index is 1.79. The van der Waals surface area contributed by atoms with Gasteiger partial charge in [0.05, 0.1) is 17.6 Å². The molecule has 1 fully saturated rings. The van der Waals surface area contributed by atoms with Crippen LogP contribution >= 0.6 is 0 Å². The third-order valence-corrected chi connectivity index (χ3v) is 3.99. The molecular weight excluding hydrogens is 243 g/mol. The van der Waals surface area contributed by atoms with Gasteiger partial charge in [-0.05, 0) is 31.4 Å². The average Bonchev–Trinajstić information content (AvgIpc) is 3.07. The van der Waals surface area contributed by atoms with Crippen LogP contribution in [-0.2, 0) is 6.54 Å². The number of nitrogens with two attached hydrogens (primary N) is 1. The highest BCUT2D eigenvalue weighted by Crippen LogP contribution is 2.40. The van der Waals surface area contributed by atoms with Crippen LogP contribution in [0.15, 0.2) is 18.3 Å². The van der Waals surface area contributed by atoms with E-state index < -0.39 is 0 Å². The molecule has 0 radical (unpaired) electrons. The molecule has 2 aromatic rings. The van der Waals surface area contributed by atoms with Crippen LogP contribution < -0.4 is 5.73 Å². The molecule has 3 heterocycles. The molecule has 0 saturated heterocycles. The van der Waals surface area contributed by atoms with E-state index in [0.29, 0.717) is 17.2 Å². The first-order chi connectivity index (χ1) is 9.22. The van der Waals surface area contributed by atoms with E-state index in [-0.39, 0.29) is 11.9 Å². The summed E-state index contributed by atoms with van der Waals surface area (Å²) in [5, 5.41) is 4.46. The van der Waals surface area contributed by atoms with Crippen molar-refractivity contribution in [1.82, 2.24) is 14.8 Å². The highest BCUT2D eigenvalue weighted by Gasteiger charge is 2.27. The van der Waals surface area contributed by atoms with E-state index in [1.54, 1.807) is 0 Å². The van der Waals surface area contributed by atoms with Crippen LogP contribution in [0.2, 0.25) is 0 Å². The summed E-state index contributed by atoms with van der Waals surface area (Å²) in [5.41, 5.74) is 9.20. The third-order valence-electron chi connectivity index (χ3n) is 3.99. The van der Waals surface area contributed by atoms with E-state index in [2.05, 4.69) is 10.1 Å². The second-order valence-corrected chi connectivity index (χ2v) is 5.44. The molecule has 2 aliphatic rings. The first-order valence-electron chi connectivity index (χ1n) is 6.71. The summed E-state index contributed by atoms with van der Waals surface area (Å²) in [5.74, 6) is 0.200. The van der Waals surface area contributed by atoms with Crippen LogP contribution in [0.25, 0.3) is 11.3 Å². The smallest absolute Gasteiger partial charge is 0.150 e. The van der Waals surface area contributed by atoms with E-state index in [9.17, 15) is 4.39 Å². The van der Waals surface area contributed by atoms with Crippen LogP contribution in [0.3, 0.4) is 0 Å². The highest BCUT2D eigenvalue weighted by atomic mass is 19.1. The van der Waals surface area contributed by atoms with Crippen molar-refractivity contribution in [3.8, 4) is 11.3 Å². The molecule has 1 aliphatic heterocycles. The van der Waals surface area contributed by atoms with E-state index in [1.165, 1.54) is 6.20 Å². The highest BCUT2D eigenvalue weighted by molar-refractivity contribution is 5.61. The molecule has 1 atom stereocenters. The summed E-state index contributed by atoms with van der Waals surface area (Å²) in [6.45, 7) is 0.818. The molecule has 0 unspecified atom stereocenters. The minimum Gasteiger partial charge on any atom is -0.323 e. The molecule has 19 heavy (non-hydrogen) atoms. The van der Waals surface area contributed by atoms with Gasteiger partial charge in [0.15, 0.2) is 5.82 Å². The summed E-state index contributed by atoms with van der Waals surface area (Å²) in [6, 6.07) is 3.78. The Morgan fingerprint density at radius 3 is 2.84 bits per heavy atom. The number of hydrogen-bond donors (Lipinski definition) is 1. The molecule has 4 rings (SSSR count). The summed E-state index contributed by atoms with van der Waals surface area (Å²) in [6.07, 6.45) is 4.54. The molecule has 1 saturated carbocycles. The summed E-state index contributed by atoms with van der Waals surface area (Å²) < 4.78 is 15.8. The monoisotopic (exact) mass is 258 g/mol. The van der Waals surface area contributed by atoms with E-state index in [0.717, 1.165) is 37.2 Å². The zero-order valence-corrected chi connectivity index (χ0v) is 10.5. The second-order valence-electron chi connectivity index (χ2n) is 5.44. The van der Waals surface area contributed by atoms with Gasteiger partial charge in [-0.25, -0.2) is 4.39 Å². The Labute approximate surface area is 110 Å². The van der Waals surface area contributed by atoms with Crippen molar-refractivity contribution in [3.63, 3.8) is 0 Å². The molecule has 2 aromatic heterocycles. The van der Waals surface area contributed by atoms with Crippen LogP contribution in [0.4, 0.5) is 4.39 Å². The number of aryl methyl sites for hydroxylation is 1. The normalized spacial score (nSPS) is 21.7. The number of fused-ring (bicyclic) bond motifs is 1. The van der Waals surface area contributed by atoms with Crippen molar-refractivity contribution in [3.05, 3.63) is 35.5 Å². The zero-order chi connectivity index (χ0) is 13.0. The maximum absolute atomic E-state index is 14.0. The van der Waals surface area contributed by atoms with Gasteiger partial charge in [0.2, 0.25) is 0 Å². The largest absolute Gasteiger partial charge is 0.323 e. The van der Waals surface area contributed by atoms with E-state index in [4.69, 9.17) is 5.73 Å². The van der Waals surface area contributed by atoms with Gasteiger partial charge in [0.25, 0.3) is 0 Å². The fraction of sp³-hybridized carbons (Fsp3) is 0.429. The van der Waals surface area contributed by atoms with Crippen LogP contribution in [0, 0.1) is 5.82 Å². The molecule has 1 aliphatic carbocycles.